The van der Waals surface area contributed by atoms with Crippen molar-refractivity contribution in [1.29, 1.82) is 0 Å². The fourth-order valence-corrected chi connectivity index (χ4v) is 3.32. The Hall–Kier alpha value is -2.69. The summed E-state index contributed by atoms with van der Waals surface area (Å²) >= 11 is 0. The summed E-state index contributed by atoms with van der Waals surface area (Å²) in [6.07, 6.45) is 3.15. The van der Waals surface area contributed by atoms with Crippen LogP contribution in [0, 0.1) is 0 Å². The van der Waals surface area contributed by atoms with E-state index < -0.39 is 6.10 Å². The number of nitrogens with zero attached hydrogens (tertiary/aromatic N) is 4. The Kier molecular flexibility index (Phi) is 9.03. The fraction of sp³-hybridized carbons (Fsp3) is 0.550. The van der Waals surface area contributed by atoms with Crippen LogP contribution >= 0.6 is 0 Å². The van der Waals surface area contributed by atoms with Crippen LogP contribution in [-0.2, 0) is 18.4 Å². The molecule has 10 nitrogen and oxygen atoms in total. The molecule has 1 atom stereocenters. The lowest BCUT2D eigenvalue weighted by Gasteiger charge is -2.26. The van der Waals surface area contributed by atoms with Crippen molar-refractivity contribution in [1.82, 2.24) is 19.7 Å². The topological polar surface area (TPSA) is 136 Å². The Bertz CT molecular complexity index is 806. The number of piperidine rings is 1. The maximum absolute atomic E-state index is 11.1. The first kappa shape index (κ1) is 23.6. The van der Waals surface area contributed by atoms with Crippen molar-refractivity contribution in [3.63, 3.8) is 0 Å². The number of ether oxygens (including phenoxy) is 1. The van der Waals surface area contributed by atoms with Crippen LogP contribution < -0.4 is 15.4 Å². The van der Waals surface area contributed by atoms with Crippen LogP contribution in [-0.4, -0.2) is 68.5 Å². The summed E-state index contributed by atoms with van der Waals surface area (Å²) in [5.41, 5.74) is 1.22. The molecule has 0 radical (unpaired) electrons. The fourth-order valence-electron chi connectivity index (χ4n) is 3.32. The van der Waals surface area contributed by atoms with Crippen molar-refractivity contribution in [2.24, 2.45) is 7.05 Å². The number of aliphatic hydroxyl groups excluding tert-OH is 1. The molecule has 0 bridgehead atoms. The minimum atomic E-state index is -0.721. The van der Waals surface area contributed by atoms with Crippen LogP contribution in [0.3, 0.4) is 0 Å². The number of amides is 1. The molecule has 1 saturated heterocycles. The summed E-state index contributed by atoms with van der Waals surface area (Å²) < 4.78 is 7.27. The van der Waals surface area contributed by atoms with E-state index in [4.69, 9.17) is 4.74 Å². The highest BCUT2D eigenvalue weighted by Gasteiger charge is 2.13. The second-order valence-corrected chi connectivity index (χ2v) is 7.39. The van der Waals surface area contributed by atoms with E-state index in [9.17, 15) is 9.90 Å². The second kappa shape index (κ2) is 11.5. The summed E-state index contributed by atoms with van der Waals surface area (Å²) in [4.78, 5) is 17.7. The van der Waals surface area contributed by atoms with Crippen LogP contribution in [0.5, 0.6) is 5.75 Å². The highest BCUT2D eigenvalue weighted by molar-refractivity contribution is 5.86. The smallest absolute Gasteiger partial charge is 0.250 e. The molecule has 1 fully saturated rings. The Morgan fingerprint density at radius 3 is 2.80 bits per heavy atom. The van der Waals surface area contributed by atoms with E-state index in [1.54, 1.807) is 7.05 Å². The summed E-state index contributed by atoms with van der Waals surface area (Å²) in [7, 11) is 1.71. The van der Waals surface area contributed by atoms with Gasteiger partial charge in [-0.15, -0.1) is 5.10 Å². The number of carbonyl (C=O) groups excluding carboxylic acids is 1. The van der Waals surface area contributed by atoms with Gasteiger partial charge in [0.1, 0.15) is 18.5 Å². The Balaban J connectivity index is 0.00000320. The minimum Gasteiger partial charge on any atom is -0.491 e. The quantitative estimate of drug-likeness (QED) is 0.545. The molecule has 3 rings (SSSR count). The third kappa shape index (κ3) is 7.29. The van der Waals surface area contributed by atoms with Gasteiger partial charge in [0.05, 0.1) is 0 Å². The van der Waals surface area contributed by atoms with Crippen molar-refractivity contribution in [3.05, 3.63) is 29.8 Å². The van der Waals surface area contributed by atoms with E-state index in [0.717, 1.165) is 25.4 Å². The van der Waals surface area contributed by atoms with E-state index in [0.29, 0.717) is 5.95 Å². The van der Waals surface area contributed by atoms with Gasteiger partial charge in [-0.3, -0.25) is 15.0 Å². The van der Waals surface area contributed by atoms with Gasteiger partial charge in [-0.2, -0.15) is 4.98 Å². The SMILES string of the molecule is CC(=O)Nc1nc(NCC(O)COc2cccc(CN3CCCCC3)c2)n(C)n1.O. The maximum Gasteiger partial charge on any atom is 0.250 e. The van der Waals surface area contributed by atoms with Gasteiger partial charge in [0.2, 0.25) is 11.9 Å². The number of aliphatic hydroxyl groups is 1. The number of aryl methyl sites for hydroxylation is 1. The second-order valence-electron chi connectivity index (χ2n) is 7.39. The molecular formula is C20H32N6O4. The van der Waals surface area contributed by atoms with Gasteiger partial charge in [-0.1, -0.05) is 18.6 Å². The van der Waals surface area contributed by atoms with E-state index >= 15 is 0 Å². The lowest BCUT2D eigenvalue weighted by atomic mass is 10.1. The molecule has 0 spiro atoms. The van der Waals surface area contributed by atoms with E-state index in [1.807, 2.05) is 18.2 Å². The first-order valence-corrected chi connectivity index (χ1v) is 10.0. The largest absolute Gasteiger partial charge is 0.491 e. The number of nitrogens with one attached hydrogen (secondary N) is 2. The first-order valence-electron chi connectivity index (χ1n) is 10.0. The molecule has 1 aromatic carbocycles. The van der Waals surface area contributed by atoms with Crippen LogP contribution in [0.1, 0.15) is 31.7 Å². The van der Waals surface area contributed by atoms with Crippen LogP contribution in [0.4, 0.5) is 11.9 Å². The predicted octanol–water partition coefficient (Wildman–Crippen LogP) is 0.786. The third-order valence-corrected chi connectivity index (χ3v) is 4.74. The highest BCUT2D eigenvalue weighted by Crippen LogP contribution is 2.18. The van der Waals surface area contributed by atoms with Crippen molar-refractivity contribution in [2.45, 2.75) is 38.8 Å². The number of hydrogen-bond donors (Lipinski definition) is 3. The maximum atomic E-state index is 11.1. The van der Waals surface area contributed by atoms with Gasteiger partial charge in [-0.05, 0) is 43.6 Å². The Labute approximate surface area is 176 Å². The van der Waals surface area contributed by atoms with Gasteiger partial charge in [-0.25, -0.2) is 4.68 Å². The number of benzene rings is 1. The normalized spacial score (nSPS) is 15.2. The first-order chi connectivity index (χ1) is 14.0. The summed E-state index contributed by atoms with van der Waals surface area (Å²) in [5.74, 6) is 1.19. The highest BCUT2D eigenvalue weighted by atomic mass is 16.5. The molecule has 0 aliphatic carbocycles. The lowest BCUT2D eigenvalue weighted by Crippen LogP contribution is -2.29. The Morgan fingerprint density at radius 1 is 1.30 bits per heavy atom. The molecular weight excluding hydrogens is 388 g/mol. The minimum absolute atomic E-state index is 0. The molecule has 1 aliphatic rings. The molecule has 166 valence electrons. The van der Waals surface area contributed by atoms with E-state index in [-0.39, 0.29) is 30.5 Å². The Morgan fingerprint density at radius 2 is 2.07 bits per heavy atom. The lowest BCUT2D eigenvalue weighted by molar-refractivity contribution is -0.114. The average molecular weight is 421 g/mol. The van der Waals surface area contributed by atoms with Gasteiger partial charge in [0.15, 0.2) is 0 Å². The number of rotatable bonds is 9. The van der Waals surface area contributed by atoms with Crippen molar-refractivity contribution in [3.8, 4) is 5.75 Å². The van der Waals surface area contributed by atoms with Gasteiger partial charge in [0.25, 0.3) is 5.95 Å². The average Bonchev–Trinajstić information content (AvgIpc) is 3.04. The number of carbonyl (C=O) groups is 1. The summed E-state index contributed by atoms with van der Waals surface area (Å²) in [5, 5.41) is 19.8. The molecule has 5 N–H and O–H groups in total. The molecule has 10 heteroatoms. The van der Waals surface area contributed by atoms with E-state index in [2.05, 4.69) is 31.7 Å². The zero-order valence-electron chi connectivity index (χ0n) is 17.6. The molecule has 1 amide bonds. The molecule has 1 aliphatic heterocycles. The van der Waals surface area contributed by atoms with Crippen LogP contribution in [0.2, 0.25) is 0 Å². The molecule has 0 saturated carbocycles. The molecule has 1 unspecified atom stereocenters. The predicted molar refractivity (Wildman–Crippen MR) is 114 cm³/mol. The van der Waals surface area contributed by atoms with Crippen LogP contribution in [0.25, 0.3) is 0 Å². The third-order valence-electron chi connectivity index (χ3n) is 4.74. The number of likely N-dealkylation sites (tertiary alicyclic amines) is 1. The zero-order valence-corrected chi connectivity index (χ0v) is 17.6. The monoisotopic (exact) mass is 420 g/mol. The van der Waals surface area contributed by atoms with Crippen LogP contribution in [0.15, 0.2) is 24.3 Å². The molecule has 30 heavy (non-hydrogen) atoms. The molecule has 2 heterocycles. The summed E-state index contributed by atoms with van der Waals surface area (Å²) in [6, 6.07) is 8.04. The molecule has 2 aromatic rings. The number of anilines is 2. The van der Waals surface area contributed by atoms with Crippen molar-refractivity contribution < 1.29 is 20.1 Å². The van der Waals surface area contributed by atoms with Gasteiger partial charge in [0, 0.05) is 27.1 Å². The molecule has 1 aromatic heterocycles. The standard InChI is InChI=1S/C20H30N6O3.H2O/c1-15(27)22-19-23-20(25(2)24-19)21-12-17(28)14-29-18-8-6-7-16(11-18)13-26-9-4-3-5-10-26;/h6-8,11,17,28H,3-5,9-10,12-14H2,1-2H3,(H2,21,22,23,24,27);1H2. The van der Waals surface area contributed by atoms with E-state index in [1.165, 1.54) is 36.4 Å². The number of aromatic nitrogens is 3. The van der Waals surface area contributed by atoms with Gasteiger partial charge >= 0.3 is 0 Å². The van der Waals surface area contributed by atoms with Crippen molar-refractivity contribution >= 4 is 17.8 Å². The van der Waals surface area contributed by atoms with Gasteiger partial charge < -0.3 is 20.6 Å². The zero-order chi connectivity index (χ0) is 20.6. The number of hydrogen-bond acceptors (Lipinski definition) is 7. The van der Waals surface area contributed by atoms with Crippen molar-refractivity contribution in [2.75, 3.05) is 36.9 Å². The summed E-state index contributed by atoms with van der Waals surface area (Å²) in [6.45, 7) is 5.05.